The summed E-state index contributed by atoms with van der Waals surface area (Å²) in [4.78, 5) is 22.6. The van der Waals surface area contributed by atoms with Crippen molar-refractivity contribution in [2.45, 2.75) is 0 Å². The van der Waals surface area contributed by atoms with Crippen molar-refractivity contribution in [2.75, 3.05) is 5.32 Å². The fraction of sp³-hybridized carbons (Fsp3) is 0. The molecule has 0 atom stereocenters. The van der Waals surface area contributed by atoms with E-state index in [9.17, 15) is 4.79 Å². The van der Waals surface area contributed by atoms with Gasteiger partial charge in [0.1, 0.15) is 12.7 Å². The molecule has 7 nitrogen and oxygen atoms in total. The van der Waals surface area contributed by atoms with Crippen molar-refractivity contribution in [3.63, 3.8) is 0 Å². The van der Waals surface area contributed by atoms with Crippen LogP contribution in [-0.2, 0) is 0 Å². The molecule has 2 N–H and O–H groups in total. The predicted molar refractivity (Wildman–Crippen MR) is 46.4 cm³/mol. The second kappa shape index (κ2) is 3.60. The summed E-state index contributed by atoms with van der Waals surface area (Å²) in [6.45, 7) is 0. The Morgan fingerprint density at radius 1 is 1.29 bits per heavy atom. The van der Waals surface area contributed by atoms with Gasteiger partial charge in [-0.1, -0.05) is 0 Å². The maximum absolute atomic E-state index is 11.4. The molecule has 0 saturated carbocycles. The number of carbonyl (C=O) groups is 1. The number of hydrogen-bond donors (Lipinski definition) is 2. The fourth-order valence-corrected chi connectivity index (χ4v) is 0.869. The second-order valence-electron chi connectivity index (χ2n) is 2.42. The van der Waals surface area contributed by atoms with Crippen molar-refractivity contribution in [2.24, 2.45) is 0 Å². The fourth-order valence-electron chi connectivity index (χ4n) is 0.869. The van der Waals surface area contributed by atoms with Crippen LogP contribution in [0, 0.1) is 0 Å². The highest BCUT2D eigenvalue weighted by molar-refractivity contribution is 6.01. The number of carbonyl (C=O) groups excluding carboxylic acids is 1. The van der Waals surface area contributed by atoms with Crippen LogP contribution in [-0.4, -0.2) is 31.1 Å². The number of aromatic amines is 1. The van der Waals surface area contributed by atoms with Crippen LogP contribution < -0.4 is 5.32 Å². The Morgan fingerprint density at radius 2 is 2.07 bits per heavy atom. The molecule has 0 spiro atoms. The molecular formula is C7H6N6O. The number of nitrogens with zero attached hydrogens (tertiary/aromatic N) is 4. The normalized spacial score (nSPS) is 9.71. The number of nitrogens with one attached hydrogen (secondary N) is 2. The molecule has 7 heteroatoms. The van der Waals surface area contributed by atoms with Crippen LogP contribution >= 0.6 is 0 Å². The van der Waals surface area contributed by atoms with Gasteiger partial charge in [-0.3, -0.25) is 9.89 Å². The molecule has 0 fully saturated rings. The molecule has 2 aromatic rings. The van der Waals surface area contributed by atoms with Gasteiger partial charge in [0.15, 0.2) is 0 Å². The first-order valence-electron chi connectivity index (χ1n) is 3.78. The van der Waals surface area contributed by atoms with Gasteiger partial charge in [0.2, 0.25) is 5.82 Å². The van der Waals surface area contributed by atoms with Crippen molar-refractivity contribution in [1.29, 1.82) is 0 Å². The number of hydrogen-bond acceptors (Lipinski definition) is 5. The molecule has 0 aliphatic heterocycles. The van der Waals surface area contributed by atoms with Gasteiger partial charge in [-0.05, 0) is 0 Å². The summed E-state index contributed by atoms with van der Waals surface area (Å²) in [5.41, 5.74) is 0.508. The molecule has 0 aromatic carbocycles. The summed E-state index contributed by atoms with van der Waals surface area (Å²) >= 11 is 0. The minimum atomic E-state index is -0.377. The summed E-state index contributed by atoms with van der Waals surface area (Å²) in [7, 11) is 0. The Labute approximate surface area is 78.6 Å². The zero-order valence-corrected chi connectivity index (χ0v) is 7.01. The lowest BCUT2D eigenvalue weighted by Crippen LogP contribution is -2.13. The molecule has 14 heavy (non-hydrogen) atoms. The number of rotatable bonds is 2. The molecule has 0 saturated heterocycles. The Bertz CT molecular complexity index is 411. The Kier molecular flexibility index (Phi) is 2.14. The van der Waals surface area contributed by atoms with Crippen LogP contribution in [0.4, 0.5) is 5.69 Å². The third-order valence-electron chi connectivity index (χ3n) is 1.45. The van der Waals surface area contributed by atoms with E-state index >= 15 is 0 Å². The number of anilines is 1. The van der Waals surface area contributed by atoms with E-state index in [1.165, 1.54) is 25.0 Å². The van der Waals surface area contributed by atoms with Crippen LogP contribution in [0.15, 0.2) is 25.0 Å². The van der Waals surface area contributed by atoms with Crippen LogP contribution in [0.5, 0.6) is 0 Å². The van der Waals surface area contributed by atoms with Crippen molar-refractivity contribution in [3.8, 4) is 0 Å². The van der Waals surface area contributed by atoms with Crippen molar-refractivity contribution in [1.82, 2.24) is 25.1 Å². The van der Waals surface area contributed by atoms with Gasteiger partial charge in [0.05, 0.1) is 18.1 Å². The largest absolute Gasteiger partial charge is 0.317 e. The maximum atomic E-state index is 11.4. The lowest BCUT2D eigenvalue weighted by Gasteiger charge is -1.99. The summed E-state index contributed by atoms with van der Waals surface area (Å²) in [5, 5.41) is 8.55. The van der Waals surface area contributed by atoms with E-state index in [1.54, 1.807) is 0 Å². The smallest absolute Gasteiger partial charge is 0.293 e. The lowest BCUT2D eigenvalue weighted by molar-refractivity contribution is 0.101. The molecule has 2 heterocycles. The number of aromatic nitrogens is 5. The lowest BCUT2D eigenvalue weighted by atomic mass is 10.5. The predicted octanol–water partition coefficient (Wildman–Crippen LogP) is -0.153. The first-order valence-corrected chi connectivity index (χ1v) is 3.78. The number of H-pyrrole nitrogens is 1. The quantitative estimate of drug-likeness (QED) is 0.686. The molecule has 1 amide bonds. The first kappa shape index (κ1) is 8.30. The second-order valence-corrected chi connectivity index (χ2v) is 2.42. The molecule has 2 aromatic heterocycles. The SMILES string of the molecule is O=C(Nc1cncnc1)c1ncn[nH]1. The average molecular weight is 190 g/mol. The highest BCUT2D eigenvalue weighted by Crippen LogP contribution is 2.01. The molecule has 2 rings (SSSR count). The Hall–Kier alpha value is -2.31. The number of amides is 1. The van der Waals surface area contributed by atoms with Crippen molar-refractivity contribution >= 4 is 11.6 Å². The van der Waals surface area contributed by atoms with Crippen LogP contribution in [0.3, 0.4) is 0 Å². The summed E-state index contributed by atoms with van der Waals surface area (Å²) < 4.78 is 0. The van der Waals surface area contributed by atoms with Crippen LogP contribution in [0.1, 0.15) is 10.6 Å². The standard InChI is InChI=1S/C7H6N6O/c14-7(6-10-4-11-13-6)12-5-1-8-3-9-2-5/h1-4H,(H,12,14)(H,10,11,13). The highest BCUT2D eigenvalue weighted by Gasteiger charge is 2.08. The molecule has 0 unspecified atom stereocenters. The minimum absolute atomic E-state index is 0.147. The van der Waals surface area contributed by atoms with Gasteiger partial charge in [-0.15, -0.1) is 0 Å². The van der Waals surface area contributed by atoms with E-state index in [4.69, 9.17) is 0 Å². The molecule has 0 bridgehead atoms. The zero-order chi connectivity index (χ0) is 9.80. The molecule has 0 radical (unpaired) electrons. The van der Waals surface area contributed by atoms with E-state index in [0.29, 0.717) is 5.69 Å². The van der Waals surface area contributed by atoms with E-state index in [2.05, 4.69) is 30.5 Å². The molecule has 0 aliphatic carbocycles. The van der Waals surface area contributed by atoms with Gasteiger partial charge in [-0.2, -0.15) is 5.10 Å². The van der Waals surface area contributed by atoms with E-state index in [-0.39, 0.29) is 11.7 Å². The molecular weight excluding hydrogens is 184 g/mol. The third kappa shape index (κ3) is 1.71. The monoisotopic (exact) mass is 190 g/mol. The van der Waals surface area contributed by atoms with E-state index < -0.39 is 0 Å². The van der Waals surface area contributed by atoms with Gasteiger partial charge >= 0.3 is 0 Å². The van der Waals surface area contributed by atoms with Crippen molar-refractivity contribution < 1.29 is 4.79 Å². The third-order valence-corrected chi connectivity index (χ3v) is 1.45. The highest BCUT2D eigenvalue weighted by atomic mass is 16.2. The summed E-state index contributed by atoms with van der Waals surface area (Å²) in [6, 6.07) is 0. The molecule has 70 valence electrons. The van der Waals surface area contributed by atoms with E-state index in [0.717, 1.165) is 0 Å². The van der Waals surface area contributed by atoms with E-state index in [1.807, 2.05) is 0 Å². The van der Waals surface area contributed by atoms with Crippen LogP contribution in [0.2, 0.25) is 0 Å². The van der Waals surface area contributed by atoms with Gasteiger partial charge in [0.25, 0.3) is 5.91 Å². The first-order chi connectivity index (χ1) is 6.86. The Balaban J connectivity index is 2.10. The molecule has 0 aliphatic rings. The minimum Gasteiger partial charge on any atom is -0.317 e. The van der Waals surface area contributed by atoms with Gasteiger partial charge in [0, 0.05) is 0 Å². The van der Waals surface area contributed by atoms with Gasteiger partial charge in [-0.25, -0.2) is 15.0 Å². The van der Waals surface area contributed by atoms with Crippen molar-refractivity contribution in [3.05, 3.63) is 30.9 Å². The topological polar surface area (TPSA) is 96.5 Å². The zero-order valence-electron chi connectivity index (χ0n) is 7.01. The summed E-state index contributed by atoms with van der Waals surface area (Å²) in [6.07, 6.45) is 5.61. The Morgan fingerprint density at radius 3 is 2.71 bits per heavy atom. The maximum Gasteiger partial charge on any atom is 0.293 e. The average Bonchev–Trinajstić information content (AvgIpc) is 2.72. The van der Waals surface area contributed by atoms with Gasteiger partial charge < -0.3 is 5.32 Å². The van der Waals surface area contributed by atoms with Crippen LogP contribution in [0.25, 0.3) is 0 Å². The summed E-state index contributed by atoms with van der Waals surface area (Å²) in [5.74, 6) is -0.230.